The number of aryl methyl sites for hydroxylation is 1. The molecule has 1 aromatic carbocycles. The van der Waals surface area contributed by atoms with Gasteiger partial charge in [0.1, 0.15) is 22.9 Å². The molecule has 7 rings (SSSR count). The number of nitrogens with one attached hydrogen (secondary N) is 1. The highest BCUT2D eigenvalue weighted by Crippen LogP contribution is 2.57. The first kappa shape index (κ1) is 28.7. The zero-order chi connectivity index (χ0) is 30.0. The number of ether oxygens (including phenoxy) is 1. The number of allylic oxidation sites excluding steroid dienone is 3. The second-order valence-corrected chi connectivity index (χ2v) is 14.3. The molecule has 7 nitrogen and oxygen atoms in total. The van der Waals surface area contributed by atoms with Crippen LogP contribution in [0, 0.1) is 30.1 Å². The summed E-state index contributed by atoms with van der Waals surface area (Å²) < 4.78 is 6.31. The molecule has 2 aromatic heterocycles. The first-order chi connectivity index (χ1) is 20.6. The fourth-order valence-electron chi connectivity index (χ4n) is 8.61. The third-order valence-electron chi connectivity index (χ3n) is 11.1. The molecule has 2 aliphatic carbocycles. The average Bonchev–Trinajstić information content (AvgIpc) is 3.54. The molecule has 1 spiro atoms. The lowest BCUT2D eigenvalue weighted by molar-refractivity contribution is -0.225. The third-order valence-corrected chi connectivity index (χ3v) is 11.1. The van der Waals surface area contributed by atoms with E-state index >= 15 is 0 Å². The van der Waals surface area contributed by atoms with Crippen LogP contribution in [0.2, 0.25) is 0 Å². The van der Waals surface area contributed by atoms with Gasteiger partial charge in [0, 0.05) is 48.4 Å². The van der Waals surface area contributed by atoms with Gasteiger partial charge in [-0.1, -0.05) is 44.2 Å². The fourth-order valence-corrected chi connectivity index (χ4v) is 8.61. The van der Waals surface area contributed by atoms with Gasteiger partial charge in [0.2, 0.25) is 0 Å². The molecule has 3 fully saturated rings. The molecule has 8 heteroatoms. The van der Waals surface area contributed by atoms with E-state index in [0.29, 0.717) is 18.8 Å². The van der Waals surface area contributed by atoms with Gasteiger partial charge in [0.05, 0.1) is 11.8 Å². The van der Waals surface area contributed by atoms with E-state index in [2.05, 4.69) is 83.0 Å². The van der Waals surface area contributed by atoms with Crippen LogP contribution in [0.25, 0.3) is 11.0 Å². The van der Waals surface area contributed by atoms with Crippen LogP contribution in [-0.2, 0) is 0 Å². The molecular weight excluding hydrogens is 535 g/mol. The smallest absolute Gasteiger partial charge is 0.162 e. The summed E-state index contributed by atoms with van der Waals surface area (Å²) in [5, 5.41) is 24.9. The summed E-state index contributed by atoms with van der Waals surface area (Å²) in [5.41, 5.74) is 1.42. The quantitative estimate of drug-likeness (QED) is 0.335. The number of nitrogens with zero attached hydrogens (tertiary/aromatic N) is 3. The Labute approximate surface area is 256 Å². The molecule has 4 heterocycles. The second kappa shape index (κ2) is 10.5. The Hall–Kier alpha value is -3.07. The van der Waals surface area contributed by atoms with Crippen LogP contribution < -0.4 is 9.64 Å². The van der Waals surface area contributed by atoms with Crippen LogP contribution in [0.3, 0.4) is 0 Å². The highest BCUT2D eigenvalue weighted by molar-refractivity contribution is 6.14. The van der Waals surface area contributed by atoms with E-state index in [9.17, 15) is 10.2 Å². The SMILES string of the molecule is BC1(O)CCC(O)(C2C=CC=CC2C(C)C)N1C1CC2(CCN(c3ccc(C)c(Oc4cnc5[nH]ccc5c4)c3)CC2)C1. The van der Waals surface area contributed by atoms with Crippen molar-refractivity contribution in [2.45, 2.75) is 76.7 Å². The maximum Gasteiger partial charge on any atom is 0.162 e. The van der Waals surface area contributed by atoms with Gasteiger partial charge in [-0.15, -0.1) is 0 Å². The number of aromatic nitrogens is 2. The van der Waals surface area contributed by atoms with E-state index < -0.39 is 11.3 Å². The van der Waals surface area contributed by atoms with Gasteiger partial charge in [0.15, 0.2) is 7.85 Å². The summed E-state index contributed by atoms with van der Waals surface area (Å²) >= 11 is 0. The van der Waals surface area contributed by atoms with Gasteiger partial charge < -0.3 is 24.8 Å². The number of piperidine rings is 1. The second-order valence-electron chi connectivity index (χ2n) is 14.3. The van der Waals surface area contributed by atoms with Gasteiger partial charge in [-0.25, -0.2) is 4.98 Å². The molecule has 0 amide bonds. The van der Waals surface area contributed by atoms with Crippen LogP contribution in [0.15, 0.2) is 67.0 Å². The Bertz CT molecular complexity index is 1550. The fraction of sp³-hybridized carbons (Fsp3) is 0.514. The molecule has 3 aromatic rings. The molecule has 4 atom stereocenters. The number of aliphatic hydroxyl groups is 2. The summed E-state index contributed by atoms with van der Waals surface area (Å²) in [6, 6.07) is 10.7. The molecule has 3 N–H and O–H groups in total. The Kier molecular flexibility index (Phi) is 7.03. The predicted molar refractivity (Wildman–Crippen MR) is 174 cm³/mol. The molecular formula is C35H45BN4O3. The number of pyridine rings is 1. The largest absolute Gasteiger partial charge is 0.455 e. The van der Waals surface area contributed by atoms with Crippen molar-refractivity contribution in [1.29, 1.82) is 0 Å². The number of aromatic amines is 1. The number of fused-ring (bicyclic) bond motifs is 1. The zero-order valence-electron chi connectivity index (χ0n) is 26.0. The number of rotatable bonds is 6. The third kappa shape index (κ3) is 5.01. The molecule has 2 saturated heterocycles. The normalized spacial score (nSPS) is 30.9. The number of anilines is 1. The Morgan fingerprint density at radius 1 is 1.02 bits per heavy atom. The van der Waals surface area contributed by atoms with Crippen LogP contribution in [-0.4, -0.2) is 63.4 Å². The number of benzene rings is 1. The summed E-state index contributed by atoms with van der Waals surface area (Å²) in [5.74, 6) is 2.28. The molecule has 43 heavy (non-hydrogen) atoms. The molecule has 4 unspecified atom stereocenters. The van der Waals surface area contributed by atoms with Crippen molar-refractivity contribution in [3.05, 3.63) is 72.6 Å². The standard InChI is InChI=1S/C35H45BN4O3/c1-23(2)29-6-4-5-7-30(29)34(41)11-12-35(36,42)40(34)27-20-33(21-27)13-16-39(17-14-33)26-9-8-24(3)31(19-26)43-28-18-25-10-15-37-32(25)38-22-28/h4-10,15,18-19,22-23,27,29-30,41-42H,11-14,16-17,20-21,36H2,1-3H3,(H,37,38). The maximum atomic E-state index is 12.3. The minimum absolute atomic E-state index is 0.0106. The average molecular weight is 581 g/mol. The number of H-pyrrole nitrogens is 1. The maximum absolute atomic E-state index is 12.3. The van der Waals surface area contributed by atoms with Crippen molar-refractivity contribution in [1.82, 2.24) is 14.9 Å². The van der Waals surface area contributed by atoms with Crippen molar-refractivity contribution >= 4 is 24.6 Å². The highest BCUT2D eigenvalue weighted by Gasteiger charge is 2.62. The van der Waals surface area contributed by atoms with Gasteiger partial charge in [0.25, 0.3) is 0 Å². The molecule has 0 bridgehead atoms. The van der Waals surface area contributed by atoms with Crippen LogP contribution in [0.1, 0.15) is 57.9 Å². The Morgan fingerprint density at radius 3 is 2.56 bits per heavy atom. The van der Waals surface area contributed by atoms with Gasteiger partial charge in [-0.05, 0) is 86.5 Å². The molecule has 226 valence electrons. The minimum Gasteiger partial charge on any atom is -0.455 e. The Balaban J connectivity index is 1.02. The molecule has 0 radical (unpaired) electrons. The lowest BCUT2D eigenvalue weighted by Crippen LogP contribution is -2.67. The van der Waals surface area contributed by atoms with Crippen LogP contribution in [0.5, 0.6) is 11.5 Å². The summed E-state index contributed by atoms with van der Waals surface area (Å²) in [7, 11) is 1.91. The number of hydrogen-bond donors (Lipinski definition) is 3. The topological polar surface area (TPSA) is 84.8 Å². The lowest BCUT2D eigenvalue weighted by Gasteiger charge is -2.60. The number of hydrogen-bond acceptors (Lipinski definition) is 6. The monoisotopic (exact) mass is 580 g/mol. The Morgan fingerprint density at radius 2 is 1.79 bits per heavy atom. The van der Waals surface area contributed by atoms with Crippen molar-refractivity contribution in [2.24, 2.45) is 23.2 Å². The van der Waals surface area contributed by atoms with Crippen molar-refractivity contribution < 1.29 is 14.9 Å². The van der Waals surface area contributed by atoms with Gasteiger partial charge in [-0.3, -0.25) is 4.90 Å². The van der Waals surface area contributed by atoms with E-state index in [4.69, 9.17) is 4.74 Å². The number of likely N-dealkylation sites (tertiary alicyclic amines) is 1. The van der Waals surface area contributed by atoms with E-state index in [1.54, 1.807) is 6.20 Å². The predicted octanol–water partition coefficient (Wildman–Crippen LogP) is 5.49. The minimum atomic E-state index is -1.02. The van der Waals surface area contributed by atoms with E-state index in [1.807, 2.05) is 26.2 Å². The van der Waals surface area contributed by atoms with Crippen molar-refractivity contribution in [3.63, 3.8) is 0 Å². The van der Waals surface area contributed by atoms with E-state index in [-0.39, 0.29) is 23.3 Å². The summed E-state index contributed by atoms with van der Waals surface area (Å²) in [6.45, 7) is 8.54. The first-order valence-corrected chi connectivity index (χ1v) is 16.1. The summed E-state index contributed by atoms with van der Waals surface area (Å²) in [6.07, 6.45) is 17.8. The summed E-state index contributed by atoms with van der Waals surface area (Å²) in [4.78, 5) is 12.2. The van der Waals surface area contributed by atoms with Gasteiger partial charge in [-0.2, -0.15) is 0 Å². The van der Waals surface area contributed by atoms with Crippen LogP contribution in [0.4, 0.5) is 5.69 Å². The molecule has 4 aliphatic rings. The van der Waals surface area contributed by atoms with Crippen molar-refractivity contribution in [2.75, 3.05) is 18.0 Å². The van der Waals surface area contributed by atoms with Crippen LogP contribution >= 0.6 is 0 Å². The highest BCUT2D eigenvalue weighted by atomic mass is 16.5. The van der Waals surface area contributed by atoms with E-state index in [1.165, 1.54) is 5.69 Å². The van der Waals surface area contributed by atoms with Gasteiger partial charge >= 0.3 is 0 Å². The van der Waals surface area contributed by atoms with Crippen molar-refractivity contribution in [3.8, 4) is 11.5 Å². The molecule has 1 saturated carbocycles. The zero-order valence-corrected chi connectivity index (χ0v) is 26.0. The first-order valence-electron chi connectivity index (χ1n) is 16.1. The molecule has 2 aliphatic heterocycles. The lowest BCUT2D eigenvalue weighted by atomic mass is 9.59. The van der Waals surface area contributed by atoms with E-state index in [0.717, 1.165) is 66.9 Å².